The van der Waals surface area contributed by atoms with E-state index in [1.807, 2.05) is 49.3 Å². The molecule has 2 heterocycles. The van der Waals surface area contributed by atoms with Gasteiger partial charge in [0.2, 0.25) is 0 Å². The number of benzene rings is 1. The number of likely N-dealkylation sites (N-methyl/N-ethyl adjacent to an activating group) is 1. The van der Waals surface area contributed by atoms with Gasteiger partial charge in [-0.15, -0.1) is 0 Å². The number of para-hydroxylation sites is 1. The molecule has 0 aliphatic rings. The van der Waals surface area contributed by atoms with Crippen LogP contribution in [-0.2, 0) is 13.5 Å². The molecule has 2 aromatic heterocycles. The van der Waals surface area contributed by atoms with Crippen LogP contribution < -0.4 is 5.32 Å². The van der Waals surface area contributed by atoms with Gasteiger partial charge in [0, 0.05) is 31.2 Å². The number of hydrogen-bond donors (Lipinski definition) is 1. The van der Waals surface area contributed by atoms with E-state index in [4.69, 9.17) is 4.98 Å². The highest BCUT2D eigenvalue weighted by atomic mass is 15.0. The van der Waals surface area contributed by atoms with Crippen LogP contribution in [0.2, 0.25) is 0 Å². The average Bonchev–Trinajstić information content (AvgIpc) is 2.89. The predicted molar refractivity (Wildman–Crippen MR) is 80.5 cm³/mol. The second kappa shape index (κ2) is 5.43. The summed E-state index contributed by atoms with van der Waals surface area (Å²) in [5, 5.41) is 4.50. The lowest BCUT2D eigenvalue weighted by atomic mass is 10.1. The standard InChI is InChI=1S/C16H18N4/c1-17-15(11-16-18-9-10-20(16)2)14-8-7-12-5-3-4-6-13(12)19-14/h3-10,15,17H,11H2,1-2H3. The van der Waals surface area contributed by atoms with Gasteiger partial charge < -0.3 is 9.88 Å². The number of nitrogens with one attached hydrogen (secondary N) is 1. The number of pyridine rings is 1. The molecule has 0 fully saturated rings. The molecule has 102 valence electrons. The zero-order valence-electron chi connectivity index (χ0n) is 11.7. The Morgan fingerprint density at radius 3 is 2.80 bits per heavy atom. The van der Waals surface area contributed by atoms with Crippen LogP contribution in [-0.4, -0.2) is 21.6 Å². The van der Waals surface area contributed by atoms with E-state index in [-0.39, 0.29) is 6.04 Å². The van der Waals surface area contributed by atoms with Gasteiger partial charge in [-0.25, -0.2) is 4.98 Å². The molecule has 3 aromatic rings. The van der Waals surface area contributed by atoms with Gasteiger partial charge in [0.25, 0.3) is 0 Å². The maximum absolute atomic E-state index is 4.76. The predicted octanol–water partition coefficient (Wildman–Crippen LogP) is 2.47. The fourth-order valence-corrected chi connectivity index (χ4v) is 2.41. The fourth-order valence-electron chi connectivity index (χ4n) is 2.41. The summed E-state index contributed by atoms with van der Waals surface area (Å²) >= 11 is 0. The van der Waals surface area contributed by atoms with Gasteiger partial charge in [0.1, 0.15) is 5.82 Å². The van der Waals surface area contributed by atoms with Crippen molar-refractivity contribution in [3.8, 4) is 0 Å². The van der Waals surface area contributed by atoms with Crippen molar-refractivity contribution in [3.63, 3.8) is 0 Å². The first-order chi connectivity index (χ1) is 9.78. The quantitative estimate of drug-likeness (QED) is 0.789. The Morgan fingerprint density at radius 1 is 1.20 bits per heavy atom. The van der Waals surface area contributed by atoms with Gasteiger partial charge >= 0.3 is 0 Å². The molecule has 4 heteroatoms. The van der Waals surface area contributed by atoms with Gasteiger partial charge in [-0.1, -0.05) is 24.3 Å². The van der Waals surface area contributed by atoms with Crippen molar-refractivity contribution in [2.24, 2.45) is 7.05 Å². The van der Waals surface area contributed by atoms with Gasteiger partial charge in [-0.05, 0) is 19.2 Å². The first-order valence-electron chi connectivity index (χ1n) is 6.77. The van der Waals surface area contributed by atoms with Crippen LogP contribution in [0.4, 0.5) is 0 Å². The van der Waals surface area contributed by atoms with E-state index in [0.29, 0.717) is 0 Å². The zero-order valence-corrected chi connectivity index (χ0v) is 11.7. The van der Waals surface area contributed by atoms with Crippen LogP contribution in [0.1, 0.15) is 17.6 Å². The summed E-state index contributed by atoms with van der Waals surface area (Å²) in [6, 6.07) is 12.6. The van der Waals surface area contributed by atoms with Crippen molar-refractivity contribution in [2.75, 3.05) is 7.05 Å². The number of rotatable bonds is 4. The number of fused-ring (bicyclic) bond motifs is 1. The Balaban J connectivity index is 1.92. The Kier molecular flexibility index (Phi) is 3.48. The third-order valence-electron chi connectivity index (χ3n) is 3.63. The molecular formula is C16H18N4. The van der Waals surface area contributed by atoms with Crippen molar-refractivity contribution in [3.05, 3.63) is 60.3 Å². The van der Waals surface area contributed by atoms with Gasteiger partial charge in [0.15, 0.2) is 0 Å². The highest BCUT2D eigenvalue weighted by Crippen LogP contribution is 2.19. The highest BCUT2D eigenvalue weighted by Gasteiger charge is 2.14. The molecule has 0 saturated heterocycles. The monoisotopic (exact) mass is 266 g/mol. The molecule has 0 radical (unpaired) electrons. The lowest BCUT2D eigenvalue weighted by molar-refractivity contribution is 0.552. The van der Waals surface area contributed by atoms with Crippen LogP contribution in [0, 0.1) is 0 Å². The second-order valence-electron chi connectivity index (χ2n) is 4.93. The molecule has 4 nitrogen and oxygen atoms in total. The summed E-state index contributed by atoms with van der Waals surface area (Å²) in [5.41, 5.74) is 2.08. The normalized spacial score (nSPS) is 12.7. The summed E-state index contributed by atoms with van der Waals surface area (Å²) in [5.74, 6) is 1.05. The molecule has 1 atom stereocenters. The number of imidazole rings is 1. The van der Waals surface area contributed by atoms with Gasteiger partial charge in [-0.3, -0.25) is 4.98 Å². The summed E-state index contributed by atoms with van der Waals surface area (Å²) < 4.78 is 2.05. The smallest absolute Gasteiger partial charge is 0.110 e. The van der Waals surface area contributed by atoms with Crippen LogP contribution in [0.5, 0.6) is 0 Å². The van der Waals surface area contributed by atoms with E-state index >= 15 is 0 Å². The Bertz CT molecular complexity index is 717. The van der Waals surface area contributed by atoms with E-state index in [2.05, 4.69) is 28.5 Å². The van der Waals surface area contributed by atoms with E-state index in [9.17, 15) is 0 Å². The molecule has 0 saturated carbocycles. The first-order valence-corrected chi connectivity index (χ1v) is 6.77. The van der Waals surface area contributed by atoms with Crippen molar-refractivity contribution in [1.82, 2.24) is 19.9 Å². The second-order valence-corrected chi connectivity index (χ2v) is 4.93. The average molecular weight is 266 g/mol. The number of aryl methyl sites for hydroxylation is 1. The molecule has 1 N–H and O–H groups in total. The van der Waals surface area contributed by atoms with E-state index in [1.54, 1.807) is 0 Å². The summed E-state index contributed by atoms with van der Waals surface area (Å²) in [6.45, 7) is 0. The minimum absolute atomic E-state index is 0.167. The van der Waals surface area contributed by atoms with Gasteiger partial charge in [0.05, 0.1) is 17.3 Å². The first kappa shape index (κ1) is 12.8. The molecule has 0 aliphatic heterocycles. The summed E-state index contributed by atoms with van der Waals surface area (Å²) in [7, 11) is 3.98. The zero-order chi connectivity index (χ0) is 13.9. The van der Waals surface area contributed by atoms with Crippen molar-refractivity contribution in [2.45, 2.75) is 12.5 Å². The molecule has 0 bridgehead atoms. The third kappa shape index (κ3) is 2.42. The van der Waals surface area contributed by atoms with Crippen LogP contribution >= 0.6 is 0 Å². The van der Waals surface area contributed by atoms with E-state index < -0.39 is 0 Å². The fraction of sp³-hybridized carbons (Fsp3) is 0.250. The molecule has 3 rings (SSSR count). The van der Waals surface area contributed by atoms with Crippen LogP contribution in [0.3, 0.4) is 0 Å². The Morgan fingerprint density at radius 2 is 2.05 bits per heavy atom. The van der Waals surface area contributed by atoms with Crippen LogP contribution in [0.15, 0.2) is 48.8 Å². The Hall–Kier alpha value is -2.20. The highest BCUT2D eigenvalue weighted by molar-refractivity contribution is 5.78. The number of hydrogen-bond acceptors (Lipinski definition) is 3. The minimum Gasteiger partial charge on any atom is -0.338 e. The molecule has 0 amide bonds. The molecule has 0 spiro atoms. The largest absolute Gasteiger partial charge is 0.338 e. The number of nitrogens with zero attached hydrogens (tertiary/aromatic N) is 3. The number of aromatic nitrogens is 3. The lowest BCUT2D eigenvalue weighted by Gasteiger charge is -2.16. The maximum atomic E-state index is 4.76. The molecular weight excluding hydrogens is 248 g/mol. The Labute approximate surface area is 118 Å². The molecule has 20 heavy (non-hydrogen) atoms. The van der Waals surface area contributed by atoms with E-state index in [1.165, 1.54) is 5.39 Å². The molecule has 0 aliphatic carbocycles. The van der Waals surface area contributed by atoms with E-state index in [0.717, 1.165) is 23.5 Å². The van der Waals surface area contributed by atoms with Gasteiger partial charge in [-0.2, -0.15) is 0 Å². The lowest BCUT2D eigenvalue weighted by Crippen LogP contribution is -2.21. The van der Waals surface area contributed by atoms with Crippen molar-refractivity contribution < 1.29 is 0 Å². The molecule has 1 unspecified atom stereocenters. The van der Waals surface area contributed by atoms with Crippen molar-refractivity contribution in [1.29, 1.82) is 0 Å². The van der Waals surface area contributed by atoms with Crippen molar-refractivity contribution >= 4 is 10.9 Å². The topological polar surface area (TPSA) is 42.7 Å². The summed E-state index contributed by atoms with van der Waals surface area (Å²) in [6.07, 6.45) is 4.62. The third-order valence-corrected chi connectivity index (χ3v) is 3.63. The molecule has 1 aromatic carbocycles. The minimum atomic E-state index is 0.167. The summed E-state index contributed by atoms with van der Waals surface area (Å²) in [4.78, 5) is 9.14. The van der Waals surface area contributed by atoms with Crippen LogP contribution in [0.25, 0.3) is 10.9 Å². The SMILES string of the molecule is CNC(Cc1nccn1C)c1ccc2ccccc2n1. The maximum Gasteiger partial charge on any atom is 0.110 e.